The largest absolute Gasteiger partial charge is 0.309 e. The number of hydrogen-bond acceptors (Lipinski definition) is 0. The van der Waals surface area contributed by atoms with Gasteiger partial charge in [-0.3, -0.25) is 0 Å². The summed E-state index contributed by atoms with van der Waals surface area (Å²) in [7, 11) is 0. The molecular formula is C72H48N2. The van der Waals surface area contributed by atoms with Crippen molar-refractivity contribution in [1.82, 2.24) is 9.13 Å². The van der Waals surface area contributed by atoms with Gasteiger partial charge in [-0.1, -0.05) is 218 Å². The lowest BCUT2D eigenvalue weighted by Gasteiger charge is -2.13. The van der Waals surface area contributed by atoms with Gasteiger partial charge in [0.2, 0.25) is 0 Å². The number of para-hydroxylation sites is 2. The fourth-order valence-electron chi connectivity index (χ4n) is 11.3. The van der Waals surface area contributed by atoms with E-state index < -0.39 is 0 Å². The van der Waals surface area contributed by atoms with Gasteiger partial charge in [-0.15, -0.1) is 0 Å². The van der Waals surface area contributed by atoms with E-state index in [0.29, 0.717) is 0 Å². The molecule has 0 aliphatic rings. The van der Waals surface area contributed by atoms with Gasteiger partial charge in [-0.2, -0.15) is 0 Å². The molecule has 2 nitrogen and oxygen atoms in total. The van der Waals surface area contributed by atoms with Crippen molar-refractivity contribution in [2.24, 2.45) is 0 Å². The Labute approximate surface area is 431 Å². The minimum Gasteiger partial charge on any atom is -0.309 e. The molecule has 14 rings (SSSR count). The fourth-order valence-corrected chi connectivity index (χ4v) is 11.3. The summed E-state index contributed by atoms with van der Waals surface area (Å²) in [6.07, 6.45) is 0. The molecule has 0 amide bonds. The van der Waals surface area contributed by atoms with E-state index in [1.165, 1.54) is 122 Å². The molecule has 74 heavy (non-hydrogen) atoms. The molecule has 0 bridgehead atoms. The van der Waals surface area contributed by atoms with Crippen LogP contribution in [-0.4, -0.2) is 9.13 Å². The maximum atomic E-state index is 2.42. The van der Waals surface area contributed by atoms with Crippen molar-refractivity contribution in [3.63, 3.8) is 0 Å². The van der Waals surface area contributed by atoms with E-state index in [9.17, 15) is 0 Å². The molecule has 0 N–H and O–H groups in total. The molecule has 0 atom stereocenters. The highest BCUT2D eigenvalue weighted by Gasteiger charge is 2.18. The van der Waals surface area contributed by atoms with Crippen molar-refractivity contribution in [2.45, 2.75) is 0 Å². The van der Waals surface area contributed by atoms with Crippen LogP contribution in [-0.2, 0) is 0 Å². The molecule has 12 aromatic carbocycles. The highest BCUT2D eigenvalue weighted by atomic mass is 15.0. The van der Waals surface area contributed by atoms with E-state index in [0.717, 1.165) is 11.4 Å². The zero-order valence-corrected chi connectivity index (χ0v) is 40.6. The van der Waals surface area contributed by atoms with E-state index in [4.69, 9.17) is 0 Å². The Hall–Kier alpha value is -9.76. The van der Waals surface area contributed by atoms with Crippen LogP contribution < -0.4 is 0 Å². The van der Waals surface area contributed by atoms with Gasteiger partial charge in [-0.25, -0.2) is 0 Å². The molecule has 346 valence electrons. The van der Waals surface area contributed by atoms with Crippen LogP contribution in [0, 0.1) is 0 Å². The summed E-state index contributed by atoms with van der Waals surface area (Å²) < 4.78 is 4.83. The van der Waals surface area contributed by atoms with Crippen LogP contribution in [0.1, 0.15) is 0 Å². The molecule has 2 heterocycles. The zero-order chi connectivity index (χ0) is 49.0. The van der Waals surface area contributed by atoms with Crippen LogP contribution in [0.4, 0.5) is 0 Å². The molecule has 0 radical (unpaired) electrons. The lowest BCUT2D eigenvalue weighted by Crippen LogP contribution is -1.94. The highest BCUT2D eigenvalue weighted by molar-refractivity contribution is 6.13. The summed E-state index contributed by atoms with van der Waals surface area (Å²) in [6, 6.07) is 106. The molecular weight excluding hydrogens is 893 g/mol. The van der Waals surface area contributed by atoms with E-state index >= 15 is 0 Å². The average molecular weight is 941 g/mol. The van der Waals surface area contributed by atoms with E-state index in [1.54, 1.807) is 0 Å². The van der Waals surface area contributed by atoms with Gasteiger partial charge >= 0.3 is 0 Å². The van der Waals surface area contributed by atoms with Crippen molar-refractivity contribution >= 4 is 43.6 Å². The Morgan fingerprint density at radius 3 is 0.986 bits per heavy atom. The summed E-state index contributed by atoms with van der Waals surface area (Å²) in [5.74, 6) is 0. The molecule has 14 aromatic rings. The summed E-state index contributed by atoms with van der Waals surface area (Å²) in [5, 5.41) is 4.96. The van der Waals surface area contributed by atoms with Gasteiger partial charge in [0.25, 0.3) is 0 Å². The van der Waals surface area contributed by atoms with Gasteiger partial charge in [0, 0.05) is 32.9 Å². The SMILES string of the molecule is c1ccc(-c2cccc(-n3c4ccccc4c4cc(-c5ccc6c(c5)c5ccccc5n6-c5cccc(-c6ccc(-c7cccc(-c8cccc(-c9ccccc9-c9ccccc9)c8)c7)cc6)c5)ccc43)c2)cc1. The topological polar surface area (TPSA) is 9.86 Å². The van der Waals surface area contributed by atoms with Crippen molar-refractivity contribution in [3.05, 3.63) is 291 Å². The maximum absolute atomic E-state index is 2.42. The second kappa shape index (κ2) is 18.1. The maximum Gasteiger partial charge on any atom is 0.0541 e. The van der Waals surface area contributed by atoms with Crippen molar-refractivity contribution in [2.75, 3.05) is 0 Å². The lowest BCUT2D eigenvalue weighted by atomic mass is 9.92. The van der Waals surface area contributed by atoms with Gasteiger partial charge in [-0.05, 0) is 151 Å². The molecule has 0 saturated heterocycles. The van der Waals surface area contributed by atoms with E-state index in [1.807, 2.05) is 0 Å². The van der Waals surface area contributed by atoms with Crippen molar-refractivity contribution in [3.8, 4) is 89.3 Å². The monoisotopic (exact) mass is 940 g/mol. The molecule has 0 spiro atoms. The van der Waals surface area contributed by atoms with Crippen LogP contribution in [0.15, 0.2) is 291 Å². The fraction of sp³-hybridized carbons (Fsp3) is 0. The minimum absolute atomic E-state index is 1.14. The van der Waals surface area contributed by atoms with Gasteiger partial charge in [0.05, 0.1) is 22.1 Å². The highest BCUT2D eigenvalue weighted by Crippen LogP contribution is 2.40. The van der Waals surface area contributed by atoms with Gasteiger partial charge in [0.1, 0.15) is 0 Å². The average Bonchev–Trinajstić information content (AvgIpc) is 4.00. The van der Waals surface area contributed by atoms with Crippen LogP contribution in [0.25, 0.3) is 133 Å². The molecule has 0 aliphatic heterocycles. The molecule has 0 aliphatic carbocycles. The van der Waals surface area contributed by atoms with Gasteiger partial charge in [0.15, 0.2) is 0 Å². The first-order chi connectivity index (χ1) is 36.7. The Kier molecular flexibility index (Phi) is 10.6. The number of nitrogens with zero attached hydrogens (tertiary/aromatic N) is 2. The van der Waals surface area contributed by atoms with Crippen LogP contribution in [0.2, 0.25) is 0 Å². The Morgan fingerprint density at radius 1 is 0.162 bits per heavy atom. The quantitative estimate of drug-likeness (QED) is 0.136. The second-order valence-electron chi connectivity index (χ2n) is 19.3. The molecule has 0 saturated carbocycles. The molecule has 2 heteroatoms. The minimum atomic E-state index is 1.14. The number of aromatic nitrogens is 2. The molecule has 2 aromatic heterocycles. The first-order valence-corrected chi connectivity index (χ1v) is 25.5. The van der Waals surface area contributed by atoms with Crippen LogP contribution >= 0.6 is 0 Å². The summed E-state index contributed by atoms with van der Waals surface area (Å²) >= 11 is 0. The number of rotatable bonds is 9. The first-order valence-electron chi connectivity index (χ1n) is 25.5. The third-order valence-corrected chi connectivity index (χ3v) is 14.9. The Morgan fingerprint density at radius 2 is 0.473 bits per heavy atom. The summed E-state index contributed by atoms with van der Waals surface area (Å²) in [5.41, 5.74) is 23.9. The zero-order valence-electron chi connectivity index (χ0n) is 40.6. The van der Waals surface area contributed by atoms with Crippen molar-refractivity contribution < 1.29 is 0 Å². The summed E-state index contributed by atoms with van der Waals surface area (Å²) in [6.45, 7) is 0. The third-order valence-electron chi connectivity index (χ3n) is 14.9. The molecule has 0 fully saturated rings. The van der Waals surface area contributed by atoms with Crippen molar-refractivity contribution in [1.29, 1.82) is 0 Å². The Bertz CT molecular complexity index is 4400. The smallest absolute Gasteiger partial charge is 0.0541 e. The molecule has 0 unspecified atom stereocenters. The third kappa shape index (κ3) is 7.60. The number of benzene rings is 12. The predicted molar refractivity (Wildman–Crippen MR) is 313 cm³/mol. The number of fused-ring (bicyclic) bond motifs is 6. The van der Waals surface area contributed by atoms with Crippen LogP contribution in [0.5, 0.6) is 0 Å². The Balaban J connectivity index is 0.773. The predicted octanol–water partition coefficient (Wildman–Crippen LogP) is 19.5. The normalized spacial score (nSPS) is 11.5. The first kappa shape index (κ1) is 43.1. The number of hydrogen-bond donors (Lipinski definition) is 0. The van der Waals surface area contributed by atoms with E-state index in [2.05, 4.69) is 300 Å². The standard InChI is InChI=1S/C72H48N2/c1-3-17-49(18-4-1)56-24-15-27-61(45-56)73-69-33-11-9-31-65(69)67-47-58(39-41-71(67)73)59-40-42-72-68(48-59)66-32-10-12-34-70(66)74(72)62-28-16-25-57(46-62)51-37-35-50(36-38-51)53-21-13-22-54(43-53)55-23-14-26-60(44-55)64-30-8-7-29-63(64)52-19-5-2-6-20-52/h1-48H. The lowest BCUT2D eigenvalue weighted by molar-refractivity contribution is 1.18. The van der Waals surface area contributed by atoms with E-state index in [-0.39, 0.29) is 0 Å². The van der Waals surface area contributed by atoms with Crippen LogP contribution in [0.3, 0.4) is 0 Å². The van der Waals surface area contributed by atoms with Gasteiger partial charge < -0.3 is 9.13 Å². The summed E-state index contributed by atoms with van der Waals surface area (Å²) in [4.78, 5) is 0. The second-order valence-corrected chi connectivity index (χ2v) is 19.3.